The summed E-state index contributed by atoms with van der Waals surface area (Å²) in [6.45, 7) is 1.50. The molecule has 0 saturated carbocycles. The Morgan fingerprint density at radius 1 is 1.33 bits per heavy atom. The van der Waals surface area contributed by atoms with E-state index in [1.807, 2.05) is 0 Å². The van der Waals surface area contributed by atoms with Crippen LogP contribution in [0.2, 0.25) is 0 Å². The normalized spacial score (nSPS) is 13.3. The van der Waals surface area contributed by atoms with Crippen LogP contribution in [0.3, 0.4) is 0 Å². The molecule has 2 aromatic rings. The molecule has 21 heavy (non-hydrogen) atoms. The van der Waals surface area contributed by atoms with Crippen molar-refractivity contribution in [2.24, 2.45) is 0 Å². The lowest BCUT2D eigenvalue weighted by atomic mass is 10.2. The lowest BCUT2D eigenvalue weighted by Gasteiger charge is -2.12. The van der Waals surface area contributed by atoms with Crippen molar-refractivity contribution < 1.29 is 22.3 Å². The highest BCUT2D eigenvalue weighted by atomic mass is 32.2. The maximum atomic E-state index is 13.5. The highest BCUT2D eigenvalue weighted by Crippen LogP contribution is 2.24. The average molecular weight is 333 g/mol. The largest absolute Gasteiger partial charge is 0.386 e. The van der Waals surface area contributed by atoms with Gasteiger partial charge in [0.1, 0.15) is 22.6 Å². The third-order valence-corrected chi connectivity index (χ3v) is 5.43. The Balaban J connectivity index is 2.13. The predicted octanol–water partition coefficient (Wildman–Crippen LogP) is 2.35. The van der Waals surface area contributed by atoms with Crippen LogP contribution in [0.15, 0.2) is 34.5 Å². The summed E-state index contributed by atoms with van der Waals surface area (Å²) in [7, 11) is -4.15. The summed E-state index contributed by atoms with van der Waals surface area (Å²) < 4.78 is 52.3. The van der Waals surface area contributed by atoms with Crippen LogP contribution in [0.5, 0.6) is 0 Å². The molecular formula is C13H13F2NO3S2. The van der Waals surface area contributed by atoms with Gasteiger partial charge in [0.05, 0.1) is 0 Å². The standard InChI is InChI=1S/C13H13F2NO3S2/c1-8-4-5-20-13(8)11(17)7-16-21(18,19)12-3-2-9(14)6-10(12)15/h2-6,11,16-17H,7H2,1H3. The van der Waals surface area contributed by atoms with Crippen LogP contribution in [0.1, 0.15) is 16.5 Å². The summed E-state index contributed by atoms with van der Waals surface area (Å²) in [6, 6.07) is 4.00. The maximum absolute atomic E-state index is 13.5. The van der Waals surface area contributed by atoms with E-state index in [2.05, 4.69) is 4.72 Å². The minimum atomic E-state index is -4.15. The van der Waals surface area contributed by atoms with Crippen molar-refractivity contribution in [1.29, 1.82) is 0 Å². The van der Waals surface area contributed by atoms with Crippen LogP contribution >= 0.6 is 11.3 Å². The first-order valence-electron chi connectivity index (χ1n) is 5.98. The van der Waals surface area contributed by atoms with Crippen molar-refractivity contribution >= 4 is 21.4 Å². The molecule has 0 bridgehead atoms. The van der Waals surface area contributed by atoms with E-state index in [1.165, 1.54) is 11.3 Å². The predicted molar refractivity (Wildman–Crippen MR) is 75.6 cm³/mol. The summed E-state index contributed by atoms with van der Waals surface area (Å²) in [5.74, 6) is -2.04. The Bertz CT molecular complexity index is 744. The lowest BCUT2D eigenvalue weighted by Crippen LogP contribution is -2.29. The van der Waals surface area contributed by atoms with Gasteiger partial charge in [-0.05, 0) is 36.1 Å². The molecule has 8 heteroatoms. The first-order chi connectivity index (χ1) is 9.81. The van der Waals surface area contributed by atoms with Crippen molar-refractivity contribution in [3.8, 4) is 0 Å². The van der Waals surface area contributed by atoms with E-state index in [0.29, 0.717) is 10.9 Å². The fourth-order valence-corrected chi connectivity index (χ4v) is 3.79. The van der Waals surface area contributed by atoms with Gasteiger partial charge in [0.15, 0.2) is 0 Å². The number of benzene rings is 1. The zero-order valence-electron chi connectivity index (χ0n) is 11.0. The van der Waals surface area contributed by atoms with Gasteiger partial charge in [-0.25, -0.2) is 21.9 Å². The van der Waals surface area contributed by atoms with Gasteiger partial charge in [0, 0.05) is 17.5 Å². The van der Waals surface area contributed by atoms with Crippen LogP contribution < -0.4 is 4.72 Å². The van der Waals surface area contributed by atoms with Crippen LogP contribution in [0.25, 0.3) is 0 Å². The molecule has 4 nitrogen and oxygen atoms in total. The Morgan fingerprint density at radius 2 is 2.05 bits per heavy atom. The van der Waals surface area contributed by atoms with Gasteiger partial charge in [-0.15, -0.1) is 11.3 Å². The molecular weight excluding hydrogens is 320 g/mol. The highest BCUT2D eigenvalue weighted by molar-refractivity contribution is 7.89. The van der Waals surface area contributed by atoms with Crippen LogP contribution in [-0.4, -0.2) is 20.1 Å². The first-order valence-corrected chi connectivity index (χ1v) is 8.34. The molecule has 0 amide bonds. The first kappa shape index (κ1) is 16.0. The smallest absolute Gasteiger partial charge is 0.243 e. The van der Waals surface area contributed by atoms with Crippen LogP contribution in [-0.2, 0) is 10.0 Å². The number of rotatable bonds is 5. The number of aryl methyl sites for hydroxylation is 1. The molecule has 2 rings (SSSR count). The zero-order chi connectivity index (χ0) is 15.6. The molecule has 1 aromatic heterocycles. The van der Waals surface area contributed by atoms with Gasteiger partial charge in [-0.1, -0.05) is 0 Å². The maximum Gasteiger partial charge on any atom is 0.243 e. The minimum absolute atomic E-state index is 0.291. The second-order valence-corrected chi connectivity index (χ2v) is 7.09. The Kier molecular flexibility index (Phi) is 4.72. The van der Waals surface area contributed by atoms with E-state index in [1.54, 1.807) is 18.4 Å². The number of sulfonamides is 1. The summed E-state index contributed by atoms with van der Waals surface area (Å²) >= 11 is 1.30. The molecule has 0 fully saturated rings. The zero-order valence-corrected chi connectivity index (χ0v) is 12.6. The molecule has 1 atom stereocenters. The Hall–Kier alpha value is -1.35. The number of hydrogen-bond acceptors (Lipinski definition) is 4. The molecule has 0 aliphatic heterocycles. The summed E-state index contributed by atoms with van der Waals surface area (Å²) in [5.41, 5.74) is 0.847. The number of nitrogens with one attached hydrogen (secondary N) is 1. The second kappa shape index (κ2) is 6.18. The van der Waals surface area contributed by atoms with Gasteiger partial charge >= 0.3 is 0 Å². The number of aliphatic hydroxyl groups is 1. The molecule has 1 heterocycles. The molecule has 0 spiro atoms. The lowest BCUT2D eigenvalue weighted by molar-refractivity contribution is 0.185. The SMILES string of the molecule is Cc1ccsc1C(O)CNS(=O)(=O)c1ccc(F)cc1F. The summed E-state index contributed by atoms with van der Waals surface area (Å²) in [5, 5.41) is 11.7. The molecule has 1 aromatic carbocycles. The Labute approximate surface area is 125 Å². The van der Waals surface area contributed by atoms with E-state index in [-0.39, 0.29) is 6.54 Å². The molecule has 0 aliphatic rings. The van der Waals surface area contributed by atoms with Gasteiger partial charge in [-0.2, -0.15) is 0 Å². The van der Waals surface area contributed by atoms with Gasteiger partial charge in [-0.3, -0.25) is 0 Å². The Morgan fingerprint density at radius 3 is 2.62 bits per heavy atom. The fourth-order valence-electron chi connectivity index (χ4n) is 1.78. The third kappa shape index (κ3) is 3.65. The highest BCUT2D eigenvalue weighted by Gasteiger charge is 2.21. The van der Waals surface area contributed by atoms with E-state index >= 15 is 0 Å². The van der Waals surface area contributed by atoms with Crippen molar-refractivity contribution in [3.63, 3.8) is 0 Å². The number of aliphatic hydroxyl groups excluding tert-OH is 1. The van der Waals surface area contributed by atoms with Gasteiger partial charge in [0.25, 0.3) is 0 Å². The third-order valence-electron chi connectivity index (χ3n) is 2.85. The summed E-state index contributed by atoms with van der Waals surface area (Å²) in [4.78, 5) is -0.0173. The molecule has 114 valence electrons. The van der Waals surface area contributed by atoms with E-state index in [0.717, 1.165) is 17.7 Å². The van der Waals surface area contributed by atoms with Gasteiger partial charge < -0.3 is 5.11 Å². The molecule has 0 saturated heterocycles. The monoisotopic (exact) mass is 333 g/mol. The van der Waals surface area contributed by atoms with E-state index in [4.69, 9.17) is 0 Å². The molecule has 1 unspecified atom stereocenters. The average Bonchev–Trinajstić information content (AvgIpc) is 2.82. The number of thiophene rings is 1. The molecule has 2 N–H and O–H groups in total. The van der Waals surface area contributed by atoms with Crippen LogP contribution in [0, 0.1) is 18.6 Å². The number of halogens is 2. The summed E-state index contributed by atoms with van der Waals surface area (Å²) in [6.07, 6.45) is -1.02. The molecule has 0 radical (unpaired) electrons. The quantitative estimate of drug-likeness (QED) is 0.883. The van der Waals surface area contributed by atoms with Crippen molar-refractivity contribution in [3.05, 3.63) is 51.7 Å². The van der Waals surface area contributed by atoms with E-state index < -0.39 is 32.7 Å². The number of hydrogen-bond donors (Lipinski definition) is 2. The second-order valence-electron chi connectivity index (χ2n) is 4.41. The van der Waals surface area contributed by atoms with Crippen molar-refractivity contribution in [2.45, 2.75) is 17.9 Å². The van der Waals surface area contributed by atoms with Crippen molar-refractivity contribution in [1.82, 2.24) is 4.72 Å². The fraction of sp³-hybridized carbons (Fsp3) is 0.231. The molecule has 0 aliphatic carbocycles. The van der Waals surface area contributed by atoms with Gasteiger partial charge in [0.2, 0.25) is 10.0 Å². The van der Waals surface area contributed by atoms with E-state index in [9.17, 15) is 22.3 Å². The minimum Gasteiger partial charge on any atom is -0.386 e. The van der Waals surface area contributed by atoms with Crippen molar-refractivity contribution in [2.75, 3.05) is 6.54 Å². The topological polar surface area (TPSA) is 66.4 Å². The van der Waals surface area contributed by atoms with Crippen LogP contribution in [0.4, 0.5) is 8.78 Å².